The second kappa shape index (κ2) is 11.4. The predicted molar refractivity (Wildman–Crippen MR) is 138 cm³/mol. The number of nitrogens with one attached hydrogen (secondary N) is 2. The zero-order valence-corrected chi connectivity index (χ0v) is 21.3. The van der Waals surface area contributed by atoms with E-state index in [1.54, 1.807) is 13.3 Å². The van der Waals surface area contributed by atoms with Crippen LogP contribution in [0.1, 0.15) is 49.2 Å². The number of esters is 1. The molecule has 0 saturated carbocycles. The fraction of sp³-hybridized carbons (Fsp3) is 0.444. The number of amides is 1. The molecule has 1 fully saturated rings. The number of carbonyl (C=O) groups is 2. The molecule has 192 valence electrons. The van der Waals surface area contributed by atoms with Gasteiger partial charge in [-0.05, 0) is 43.0 Å². The van der Waals surface area contributed by atoms with Gasteiger partial charge in [-0.1, -0.05) is 26.0 Å². The Kier molecular flexibility index (Phi) is 8.10. The lowest BCUT2D eigenvalue weighted by atomic mass is 10.1. The van der Waals surface area contributed by atoms with Gasteiger partial charge in [0.25, 0.3) is 0 Å². The number of anilines is 2. The standard InChI is InChI=1S/C27H34N4O5/c1-5-17(2)26(32)30-23-22-13-19(28-14-18-8-10-20(34-3)11-9-18)15-29-25(22)31(24(23)27(33)35-4)16-21-7-6-12-36-21/h8-11,13,15,17,21,28H,5-7,12,14,16H2,1-4H3,(H,30,32). The number of hydrogen-bond donors (Lipinski definition) is 2. The zero-order chi connectivity index (χ0) is 25.7. The van der Waals surface area contributed by atoms with E-state index in [-0.39, 0.29) is 23.6 Å². The average Bonchev–Trinajstić information content (AvgIpc) is 3.53. The molecule has 2 N–H and O–H groups in total. The molecule has 2 atom stereocenters. The van der Waals surface area contributed by atoms with Crippen LogP contribution in [0.5, 0.6) is 5.75 Å². The molecule has 0 aliphatic carbocycles. The van der Waals surface area contributed by atoms with Crippen molar-refractivity contribution in [2.75, 3.05) is 31.5 Å². The van der Waals surface area contributed by atoms with Crippen molar-refractivity contribution in [2.45, 2.75) is 52.3 Å². The van der Waals surface area contributed by atoms with Crippen molar-refractivity contribution in [3.05, 3.63) is 47.8 Å². The average molecular weight is 495 g/mol. The Hall–Kier alpha value is -3.59. The lowest BCUT2D eigenvalue weighted by Gasteiger charge is -2.15. The van der Waals surface area contributed by atoms with E-state index >= 15 is 0 Å². The number of methoxy groups -OCH3 is 2. The summed E-state index contributed by atoms with van der Waals surface area (Å²) in [5.74, 6) is -0.101. The lowest BCUT2D eigenvalue weighted by molar-refractivity contribution is -0.119. The van der Waals surface area contributed by atoms with Crippen molar-refractivity contribution in [3.63, 3.8) is 0 Å². The van der Waals surface area contributed by atoms with Crippen molar-refractivity contribution in [3.8, 4) is 5.75 Å². The molecule has 4 rings (SSSR count). The topological polar surface area (TPSA) is 104 Å². The van der Waals surface area contributed by atoms with Crippen LogP contribution in [-0.2, 0) is 27.4 Å². The van der Waals surface area contributed by atoms with E-state index in [0.29, 0.717) is 42.8 Å². The third-order valence-corrected chi connectivity index (χ3v) is 6.65. The number of fused-ring (bicyclic) bond motifs is 1. The summed E-state index contributed by atoms with van der Waals surface area (Å²) in [5, 5.41) is 7.05. The maximum absolute atomic E-state index is 13.0. The molecule has 1 aliphatic heterocycles. The quantitative estimate of drug-likeness (QED) is 0.397. The van der Waals surface area contributed by atoms with Crippen LogP contribution < -0.4 is 15.4 Å². The van der Waals surface area contributed by atoms with Crippen LogP contribution in [0.15, 0.2) is 36.5 Å². The fourth-order valence-corrected chi connectivity index (χ4v) is 4.31. The highest BCUT2D eigenvalue weighted by molar-refractivity contribution is 6.11. The first-order valence-electron chi connectivity index (χ1n) is 12.3. The Balaban J connectivity index is 1.73. The van der Waals surface area contributed by atoms with E-state index < -0.39 is 5.97 Å². The molecule has 0 radical (unpaired) electrons. The zero-order valence-electron chi connectivity index (χ0n) is 21.3. The summed E-state index contributed by atoms with van der Waals surface area (Å²) in [4.78, 5) is 30.6. The Morgan fingerprint density at radius 2 is 2.03 bits per heavy atom. The van der Waals surface area contributed by atoms with E-state index in [9.17, 15) is 9.59 Å². The molecule has 1 amide bonds. The first-order chi connectivity index (χ1) is 17.4. The van der Waals surface area contributed by atoms with Gasteiger partial charge in [0.15, 0.2) is 5.69 Å². The highest BCUT2D eigenvalue weighted by atomic mass is 16.5. The fourth-order valence-electron chi connectivity index (χ4n) is 4.31. The molecule has 1 aromatic carbocycles. The molecule has 36 heavy (non-hydrogen) atoms. The number of carbonyl (C=O) groups excluding carboxylic acids is 2. The summed E-state index contributed by atoms with van der Waals surface area (Å²) >= 11 is 0. The van der Waals surface area contributed by atoms with Crippen molar-refractivity contribution in [1.29, 1.82) is 0 Å². The molecule has 2 unspecified atom stereocenters. The predicted octanol–water partition coefficient (Wildman–Crippen LogP) is 4.61. The van der Waals surface area contributed by atoms with E-state index in [2.05, 4.69) is 10.6 Å². The Labute approximate surface area is 211 Å². The van der Waals surface area contributed by atoms with Gasteiger partial charge in [0, 0.05) is 24.5 Å². The van der Waals surface area contributed by atoms with Crippen LogP contribution in [0.2, 0.25) is 0 Å². The van der Waals surface area contributed by atoms with Crippen LogP contribution in [0.4, 0.5) is 11.4 Å². The van der Waals surface area contributed by atoms with E-state index in [0.717, 1.165) is 29.8 Å². The Morgan fingerprint density at radius 1 is 1.25 bits per heavy atom. The van der Waals surface area contributed by atoms with Gasteiger partial charge < -0.3 is 29.4 Å². The second-order valence-corrected chi connectivity index (χ2v) is 9.06. The van der Waals surface area contributed by atoms with Crippen LogP contribution >= 0.6 is 0 Å². The second-order valence-electron chi connectivity index (χ2n) is 9.06. The highest BCUT2D eigenvalue weighted by Gasteiger charge is 2.29. The van der Waals surface area contributed by atoms with Crippen molar-refractivity contribution >= 4 is 34.3 Å². The van der Waals surface area contributed by atoms with Crippen LogP contribution in [0.3, 0.4) is 0 Å². The number of rotatable bonds is 10. The van der Waals surface area contributed by atoms with Gasteiger partial charge in [-0.3, -0.25) is 4.79 Å². The maximum atomic E-state index is 13.0. The summed E-state index contributed by atoms with van der Waals surface area (Å²) in [6.45, 7) is 5.54. The molecule has 1 saturated heterocycles. The molecular weight excluding hydrogens is 460 g/mol. The minimum atomic E-state index is -0.529. The molecule has 9 heteroatoms. The van der Waals surface area contributed by atoms with Crippen LogP contribution in [0, 0.1) is 5.92 Å². The molecule has 1 aliphatic rings. The monoisotopic (exact) mass is 494 g/mol. The highest BCUT2D eigenvalue weighted by Crippen LogP contribution is 2.34. The molecular formula is C27H34N4O5. The van der Waals surface area contributed by atoms with E-state index in [4.69, 9.17) is 19.2 Å². The van der Waals surface area contributed by atoms with Crippen molar-refractivity contribution < 1.29 is 23.8 Å². The lowest BCUT2D eigenvalue weighted by Crippen LogP contribution is -2.23. The summed E-state index contributed by atoms with van der Waals surface area (Å²) in [6, 6.07) is 9.71. The Bertz CT molecular complexity index is 1220. The smallest absolute Gasteiger partial charge is 0.356 e. The van der Waals surface area contributed by atoms with Gasteiger partial charge in [0.1, 0.15) is 11.4 Å². The van der Waals surface area contributed by atoms with Gasteiger partial charge in [0.2, 0.25) is 5.91 Å². The van der Waals surface area contributed by atoms with Gasteiger partial charge in [-0.25, -0.2) is 9.78 Å². The maximum Gasteiger partial charge on any atom is 0.356 e. The molecule has 2 aromatic heterocycles. The number of aromatic nitrogens is 2. The summed E-state index contributed by atoms with van der Waals surface area (Å²) in [6.07, 6.45) is 4.26. The third-order valence-electron chi connectivity index (χ3n) is 6.65. The van der Waals surface area contributed by atoms with Gasteiger partial charge in [0.05, 0.1) is 44.4 Å². The molecule has 9 nitrogen and oxygen atoms in total. The SMILES string of the molecule is CCC(C)C(=O)Nc1c(C(=O)OC)n(CC2CCCO2)c2ncc(NCc3ccc(OC)cc3)cc12. The number of nitrogens with zero attached hydrogens (tertiary/aromatic N) is 2. The number of hydrogen-bond acceptors (Lipinski definition) is 7. The largest absolute Gasteiger partial charge is 0.497 e. The normalized spacial score (nSPS) is 16.1. The number of ether oxygens (including phenoxy) is 3. The summed E-state index contributed by atoms with van der Waals surface area (Å²) < 4.78 is 18.0. The first kappa shape index (κ1) is 25.5. The van der Waals surface area contributed by atoms with Gasteiger partial charge in [-0.15, -0.1) is 0 Å². The third kappa shape index (κ3) is 5.46. The summed E-state index contributed by atoms with van der Waals surface area (Å²) in [5.41, 5.74) is 3.14. The molecule has 0 spiro atoms. The Morgan fingerprint density at radius 3 is 2.67 bits per heavy atom. The molecule has 3 aromatic rings. The molecule has 3 heterocycles. The van der Waals surface area contributed by atoms with Gasteiger partial charge in [-0.2, -0.15) is 0 Å². The van der Waals surface area contributed by atoms with Crippen LogP contribution in [-0.4, -0.2) is 48.4 Å². The number of benzene rings is 1. The summed E-state index contributed by atoms with van der Waals surface area (Å²) in [7, 11) is 2.98. The van der Waals surface area contributed by atoms with Gasteiger partial charge >= 0.3 is 5.97 Å². The minimum absolute atomic E-state index is 0.0307. The molecule has 0 bridgehead atoms. The van der Waals surface area contributed by atoms with Crippen molar-refractivity contribution in [1.82, 2.24) is 9.55 Å². The minimum Gasteiger partial charge on any atom is -0.497 e. The van der Waals surface area contributed by atoms with Crippen LogP contribution in [0.25, 0.3) is 11.0 Å². The number of pyridine rings is 1. The van der Waals surface area contributed by atoms with E-state index in [1.807, 2.05) is 48.7 Å². The van der Waals surface area contributed by atoms with E-state index in [1.165, 1.54) is 7.11 Å². The first-order valence-corrected chi connectivity index (χ1v) is 12.3. The van der Waals surface area contributed by atoms with Crippen molar-refractivity contribution in [2.24, 2.45) is 5.92 Å².